The van der Waals surface area contributed by atoms with Crippen molar-refractivity contribution in [2.75, 3.05) is 5.32 Å². The lowest BCUT2D eigenvalue weighted by Crippen LogP contribution is -2.26. The summed E-state index contributed by atoms with van der Waals surface area (Å²) in [5, 5.41) is 3.65. The Morgan fingerprint density at radius 1 is 1.00 bits per heavy atom. The number of benzene rings is 2. The van der Waals surface area contributed by atoms with Crippen molar-refractivity contribution < 1.29 is 4.79 Å². The molecule has 0 spiro atoms. The Morgan fingerprint density at radius 3 is 2.29 bits per heavy atom. The predicted octanol–water partition coefficient (Wildman–Crippen LogP) is 5.83. The number of carbonyl (C=O) groups is 1. The zero-order chi connectivity index (χ0) is 15.4. The fraction of sp³-hybridized carbons (Fsp3) is 0.133. The van der Waals surface area contributed by atoms with E-state index in [-0.39, 0.29) is 10.7 Å². The molecule has 2 aromatic rings. The fourth-order valence-electron chi connectivity index (χ4n) is 1.72. The lowest BCUT2D eigenvalue weighted by Gasteiger charge is -2.17. The van der Waals surface area contributed by atoms with Gasteiger partial charge in [-0.25, -0.2) is 0 Å². The molecule has 0 bridgehead atoms. The standard InChI is InChI=1S/C15H11Br2Cl2NO/c16-13(9-4-2-1-3-5-9)14(17)15(21)20-10-6-7-11(18)12(19)8-10/h1-8,13-14H,(H,20,21)/t13-,14-/m1/s1. The average molecular weight is 452 g/mol. The van der Waals surface area contributed by atoms with Gasteiger partial charge in [-0.3, -0.25) is 4.79 Å². The van der Waals surface area contributed by atoms with E-state index in [2.05, 4.69) is 37.2 Å². The summed E-state index contributed by atoms with van der Waals surface area (Å²) < 4.78 is 0. The van der Waals surface area contributed by atoms with Crippen LogP contribution in [-0.4, -0.2) is 10.7 Å². The van der Waals surface area contributed by atoms with Crippen molar-refractivity contribution in [3.05, 3.63) is 64.1 Å². The quantitative estimate of drug-likeness (QED) is 0.582. The minimum absolute atomic E-state index is 0.138. The first-order valence-corrected chi connectivity index (χ1v) is 8.67. The summed E-state index contributed by atoms with van der Waals surface area (Å²) in [5.74, 6) is -0.167. The Morgan fingerprint density at radius 2 is 1.67 bits per heavy atom. The van der Waals surface area contributed by atoms with Crippen LogP contribution in [0.5, 0.6) is 0 Å². The maximum atomic E-state index is 12.3. The summed E-state index contributed by atoms with van der Waals surface area (Å²) in [4.78, 5) is 11.7. The summed E-state index contributed by atoms with van der Waals surface area (Å²) in [6.45, 7) is 0. The van der Waals surface area contributed by atoms with Crippen molar-refractivity contribution in [2.24, 2.45) is 0 Å². The maximum Gasteiger partial charge on any atom is 0.239 e. The maximum absolute atomic E-state index is 12.3. The third-order valence-corrected chi connectivity index (χ3v) is 6.26. The second-order valence-electron chi connectivity index (χ2n) is 4.33. The Hall–Kier alpha value is -0.550. The second-order valence-corrected chi connectivity index (χ2v) is 7.12. The lowest BCUT2D eigenvalue weighted by atomic mass is 10.1. The number of anilines is 1. The van der Waals surface area contributed by atoms with Crippen LogP contribution in [-0.2, 0) is 4.79 Å². The molecule has 0 aliphatic heterocycles. The Bertz CT molecular complexity index is 637. The summed E-state index contributed by atoms with van der Waals surface area (Å²) in [6, 6.07) is 14.7. The van der Waals surface area contributed by atoms with Crippen molar-refractivity contribution in [3.8, 4) is 0 Å². The molecule has 0 aliphatic rings. The number of nitrogens with one attached hydrogen (secondary N) is 1. The number of halogens is 4. The molecular formula is C15H11Br2Cl2NO. The monoisotopic (exact) mass is 449 g/mol. The number of rotatable bonds is 4. The van der Waals surface area contributed by atoms with E-state index in [1.165, 1.54) is 0 Å². The highest BCUT2D eigenvalue weighted by atomic mass is 79.9. The van der Waals surface area contributed by atoms with Crippen LogP contribution in [0.1, 0.15) is 10.4 Å². The second kappa shape index (κ2) is 7.63. The molecule has 0 radical (unpaired) electrons. The van der Waals surface area contributed by atoms with E-state index in [1.54, 1.807) is 18.2 Å². The third-order valence-electron chi connectivity index (χ3n) is 2.81. The van der Waals surface area contributed by atoms with Crippen molar-refractivity contribution in [2.45, 2.75) is 9.65 Å². The van der Waals surface area contributed by atoms with Gasteiger partial charge in [0.15, 0.2) is 0 Å². The van der Waals surface area contributed by atoms with Crippen LogP contribution in [0, 0.1) is 0 Å². The molecular weight excluding hydrogens is 441 g/mol. The molecule has 0 heterocycles. The van der Waals surface area contributed by atoms with Gasteiger partial charge in [0.05, 0.1) is 14.9 Å². The van der Waals surface area contributed by atoms with E-state index in [9.17, 15) is 4.79 Å². The number of carbonyl (C=O) groups excluding carboxylic acids is 1. The molecule has 2 aromatic carbocycles. The van der Waals surface area contributed by atoms with Crippen LogP contribution in [0.25, 0.3) is 0 Å². The first-order valence-electron chi connectivity index (χ1n) is 6.08. The average Bonchev–Trinajstić information content (AvgIpc) is 2.50. The molecule has 0 saturated carbocycles. The van der Waals surface area contributed by atoms with E-state index in [4.69, 9.17) is 23.2 Å². The smallest absolute Gasteiger partial charge is 0.239 e. The fourth-order valence-corrected chi connectivity index (χ4v) is 2.99. The van der Waals surface area contributed by atoms with E-state index >= 15 is 0 Å². The zero-order valence-corrected chi connectivity index (χ0v) is 15.4. The van der Waals surface area contributed by atoms with Gasteiger partial charge in [0, 0.05) is 5.69 Å². The molecule has 21 heavy (non-hydrogen) atoms. The molecule has 2 atom stereocenters. The summed E-state index contributed by atoms with van der Waals surface area (Å²) in [7, 11) is 0. The summed E-state index contributed by atoms with van der Waals surface area (Å²) >= 11 is 18.7. The molecule has 0 fully saturated rings. The SMILES string of the molecule is O=C(Nc1ccc(Cl)c(Cl)c1)[C@H](Br)[C@H](Br)c1ccccc1. The molecule has 1 amide bonds. The summed E-state index contributed by atoms with van der Waals surface area (Å²) in [5.41, 5.74) is 1.62. The largest absolute Gasteiger partial charge is 0.325 e. The minimum Gasteiger partial charge on any atom is -0.325 e. The van der Waals surface area contributed by atoms with Crippen LogP contribution >= 0.6 is 55.1 Å². The van der Waals surface area contributed by atoms with E-state index in [0.717, 1.165) is 5.56 Å². The van der Waals surface area contributed by atoms with Gasteiger partial charge in [0.25, 0.3) is 0 Å². The van der Waals surface area contributed by atoms with Gasteiger partial charge in [0.2, 0.25) is 5.91 Å². The van der Waals surface area contributed by atoms with Gasteiger partial charge in [-0.15, -0.1) is 0 Å². The topological polar surface area (TPSA) is 29.1 Å². The van der Waals surface area contributed by atoms with Crippen molar-refractivity contribution in [1.29, 1.82) is 0 Å². The zero-order valence-electron chi connectivity index (χ0n) is 10.7. The molecule has 2 rings (SSSR count). The van der Waals surface area contributed by atoms with E-state index in [0.29, 0.717) is 15.7 Å². The highest BCUT2D eigenvalue weighted by Crippen LogP contribution is 2.32. The van der Waals surface area contributed by atoms with Gasteiger partial charge >= 0.3 is 0 Å². The first-order chi connectivity index (χ1) is 9.99. The molecule has 0 unspecified atom stereocenters. The lowest BCUT2D eigenvalue weighted by molar-refractivity contribution is -0.115. The number of amides is 1. The van der Waals surface area contributed by atoms with Crippen molar-refractivity contribution in [3.63, 3.8) is 0 Å². The molecule has 6 heteroatoms. The normalized spacial score (nSPS) is 13.5. The molecule has 2 nitrogen and oxygen atoms in total. The number of hydrogen-bond acceptors (Lipinski definition) is 1. The van der Waals surface area contributed by atoms with Gasteiger partial charge < -0.3 is 5.32 Å². The van der Waals surface area contributed by atoms with Crippen LogP contribution in [0.3, 0.4) is 0 Å². The van der Waals surface area contributed by atoms with Gasteiger partial charge in [-0.2, -0.15) is 0 Å². The molecule has 1 N–H and O–H groups in total. The van der Waals surface area contributed by atoms with Crippen molar-refractivity contribution in [1.82, 2.24) is 0 Å². The minimum atomic E-state index is -0.422. The van der Waals surface area contributed by atoms with Crippen LogP contribution in [0.15, 0.2) is 48.5 Å². The Kier molecular flexibility index (Phi) is 6.11. The van der Waals surface area contributed by atoms with Crippen LogP contribution in [0.2, 0.25) is 10.0 Å². The highest BCUT2D eigenvalue weighted by molar-refractivity contribution is 9.12. The van der Waals surface area contributed by atoms with Crippen LogP contribution < -0.4 is 5.32 Å². The summed E-state index contributed by atoms with van der Waals surface area (Å²) in [6.07, 6.45) is 0. The number of hydrogen-bond donors (Lipinski definition) is 1. The molecule has 0 aromatic heterocycles. The van der Waals surface area contributed by atoms with Gasteiger partial charge in [-0.05, 0) is 23.8 Å². The predicted molar refractivity (Wildman–Crippen MR) is 95.9 cm³/mol. The van der Waals surface area contributed by atoms with E-state index < -0.39 is 4.83 Å². The molecule has 110 valence electrons. The van der Waals surface area contributed by atoms with Gasteiger partial charge in [0.1, 0.15) is 4.83 Å². The number of alkyl halides is 2. The van der Waals surface area contributed by atoms with Crippen molar-refractivity contribution >= 4 is 66.7 Å². The highest BCUT2D eigenvalue weighted by Gasteiger charge is 2.25. The third kappa shape index (κ3) is 4.46. The van der Waals surface area contributed by atoms with E-state index in [1.807, 2.05) is 30.3 Å². The molecule has 0 aliphatic carbocycles. The first kappa shape index (κ1) is 16.8. The Balaban J connectivity index is 2.07. The van der Waals surface area contributed by atoms with Gasteiger partial charge in [-0.1, -0.05) is 85.4 Å². The van der Waals surface area contributed by atoms with Crippen LogP contribution in [0.4, 0.5) is 5.69 Å². The Labute approximate surface area is 150 Å². The molecule has 0 saturated heterocycles.